The van der Waals surface area contributed by atoms with Crippen molar-refractivity contribution in [3.05, 3.63) is 38.4 Å². The topological polar surface area (TPSA) is 102 Å². The van der Waals surface area contributed by atoms with Gasteiger partial charge in [0, 0.05) is 16.2 Å². The number of esters is 2. The first-order chi connectivity index (χ1) is 12.1. The van der Waals surface area contributed by atoms with Crippen molar-refractivity contribution in [3.8, 4) is 6.07 Å². The summed E-state index contributed by atoms with van der Waals surface area (Å²) in [5.41, 5.74) is 6.24. The highest BCUT2D eigenvalue weighted by Gasteiger charge is 2.23. The highest BCUT2D eigenvalue weighted by molar-refractivity contribution is 7.99. The molecular formula is C16H16N2O4S3. The Hall–Kier alpha value is -2.02. The minimum atomic E-state index is -0.571. The van der Waals surface area contributed by atoms with Crippen molar-refractivity contribution >= 4 is 51.4 Å². The molecule has 0 saturated carbocycles. The van der Waals surface area contributed by atoms with Gasteiger partial charge in [0.2, 0.25) is 0 Å². The van der Waals surface area contributed by atoms with Crippen molar-refractivity contribution in [2.45, 2.75) is 19.3 Å². The van der Waals surface area contributed by atoms with E-state index in [0.29, 0.717) is 5.56 Å². The number of hydrogen-bond donors (Lipinski definition) is 1. The molecule has 0 amide bonds. The quantitative estimate of drug-likeness (QED) is 0.682. The Labute approximate surface area is 157 Å². The van der Waals surface area contributed by atoms with Crippen LogP contribution in [0.5, 0.6) is 0 Å². The minimum Gasteiger partial charge on any atom is -0.462 e. The van der Waals surface area contributed by atoms with E-state index in [9.17, 15) is 14.9 Å². The number of rotatable bonds is 8. The predicted molar refractivity (Wildman–Crippen MR) is 99.7 cm³/mol. The van der Waals surface area contributed by atoms with Crippen molar-refractivity contribution in [3.63, 3.8) is 0 Å². The lowest BCUT2D eigenvalue weighted by molar-refractivity contribution is -0.141. The fourth-order valence-electron chi connectivity index (χ4n) is 1.93. The van der Waals surface area contributed by atoms with Crippen LogP contribution in [0.1, 0.15) is 32.6 Å². The SMILES string of the molecule is CCOC(=O)c1sc(N)c(C#N)c1COC(=O)CSCc1cccs1. The molecule has 0 unspecified atom stereocenters. The number of nitrogen functional groups attached to an aromatic ring is 1. The van der Waals surface area contributed by atoms with E-state index < -0.39 is 11.9 Å². The molecule has 2 aromatic heterocycles. The van der Waals surface area contributed by atoms with Gasteiger partial charge in [-0.15, -0.1) is 34.4 Å². The molecule has 0 bridgehead atoms. The third kappa shape index (κ3) is 5.22. The van der Waals surface area contributed by atoms with Crippen LogP contribution >= 0.6 is 34.4 Å². The van der Waals surface area contributed by atoms with Gasteiger partial charge in [-0.25, -0.2) is 4.79 Å². The standard InChI is InChI=1S/C16H16N2O4S3/c1-2-21-16(20)14-12(11(6-17)15(18)25-14)7-22-13(19)9-23-8-10-4-3-5-24-10/h3-5H,2,7-9,18H2,1H3. The molecule has 9 heteroatoms. The molecule has 0 fully saturated rings. The van der Waals surface area contributed by atoms with E-state index in [4.69, 9.17) is 15.2 Å². The zero-order chi connectivity index (χ0) is 18.2. The van der Waals surface area contributed by atoms with Gasteiger partial charge in [0.25, 0.3) is 0 Å². The average molecular weight is 397 g/mol. The average Bonchev–Trinajstić information content (AvgIpc) is 3.20. The van der Waals surface area contributed by atoms with Crippen LogP contribution < -0.4 is 5.73 Å². The van der Waals surface area contributed by atoms with Crippen LogP contribution in [0.25, 0.3) is 0 Å². The number of thioether (sulfide) groups is 1. The lowest BCUT2D eigenvalue weighted by atomic mass is 10.1. The van der Waals surface area contributed by atoms with Crippen molar-refractivity contribution < 1.29 is 19.1 Å². The first-order valence-electron chi connectivity index (χ1n) is 7.30. The molecule has 2 rings (SSSR count). The molecule has 0 aliphatic carbocycles. The lowest BCUT2D eigenvalue weighted by Crippen LogP contribution is -2.11. The molecule has 6 nitrogen and oxygen atoms in total. The maximum absolute atomic E-state index is 12.0. The summed E-state index contributed by atoms with van der Waals surface area (Å²) in [4.78, 5) is 25.3. The lowest BCUT2D eigenvalue weighted by Gasteiger charge is -2.06. The second-order valence-electron chi connectivity index (χ2n) is 4.71. The number of nitrogens with zero attached hydrogens (tertiary/aromatic N) is 1. The smallest absolute Gasteiger partial charge is 0.348 e. The number of thiophene rings is 2. The molecule has 0 saturated heterocycles. The van der Waals surface area contributed by atoms with E-state index in [1.165, 1.54) is 16.6 Å². The number of nitrogens with two attached hydrogens (primary N) is 1. The Bertz CT molecular complexity index is 778. The van der Waals surface area contributed by atoms with Crippen LogP contribution in [-0.4, -0.2) is 24.3 Å². The van der Waals surface area contributed by atoms with Crippen molar-refractivity contribution in [1.29, 1.82) is 5.26 Å². The van der Waals surface area contributed by atoms with Crippen LogP contribution in [0.2, 0.25) is 0 Å². The summed E-state index contributed by atoms with van der Waals surface area (Å²) in [6, 6.07) is 5.91. The predicted octanol–water partition coefficient (Wildman–Crippen LogP) is 3.42. The Kier molecular flexibility index (Phi) is 7.31. The van der Waals surface area contributed by atoms with Crippen LogP contribution in [0.15, 0.2) is 17.5 Å². The highest BCUT2D eigenvalue weighted by atomic mass is 32.2. The molecule has 2 aromatic rings. The van der Waals surface area contributed by atoms with Crippen LogP contribution in [0, 0.1) is 11.3 Å². The van der Waals surface area contributed by atoms with Gasteiger partial charge in [-0.3, -0.25) is 4.79 Å². The molecule has 0 radical (unpaired) electrons. The van der Waals surface area contributed by atoms with Gasteiger partial charge in [-0.1, -0.05) is 6.07 Å². The summed E-state index contributed by atoms with van der Waals surface area (Å²) in [7, 11) is 0. The Morgan fingerprint density at radius 2 is 2.20 bits per heavy atom. The molecule has 0 spiro atoms. The monoisotopic (exact) mass is 396 g/mol. The van der Waals surface area contributed by atoms with Gasteiger partial charge in [0.15, 0.2) is 0 Å². The van der Waals surface area contributed by atoms with Crippen LogP contribution in [-0.2, 0) is 26.6 Å². The molecular weight excluding hydrogens is 380 g/mol. The molecule has 25 heavy (non-hydrogen) atoms. The number of hydrogen-bond acceptors (Lipinski definition) is 9. The maximum atomic E-state index is 12.0. The Morgan fingerprint density at radius 1 is 1.40 bits per heavy atom. The first kappa shape index (κ1) is 19.3. The van der Waals surface area contributed by atoms with E-state index in [2.05, 4.69) is 0 Å². The summed E-state index contributed by atoms with van der Waals surface area (Å²) in [5.74, 6) is -0.0621. The van der Waals surface area contributed by atoms with E-state index in [1.807, 2.05) is 23.6 Å². The molecule has 0 atom stereocenters. The molecule has 2 heterocycles. The summed E-state index contributed by atoms with van der Waals surface area (Å²) in [6.45, 7) is 1.71. The zero-order valence-electron chi connectivity index (χ0n) is 13.4. The van der Waals surface area contributed by atoms with Gasteiger partial charge in [-0.2, -0.15) is 5.26 Å². The van der Waals surface area contributed by atoms with Gasteiger partial charge in [0.05, 0.1) is 17.9 Å². The normalized spacial score (nSPS) is 10.2. The summed E-state index contributed by atoms with van der Waals surface area (Å²) in [5, 5.41) is 11.4. The number of ether oxygens (including phenoxy) is 2. The van der Waals surface area contributed by atoms with E-state index >= 15 is 0 Å². The van der Waals surface area contributed by atoms with E-state index in [0.717, 1.165) is 17.1 Å². The summed E-state index contributed by atoms with van der Waals surface area (Å²) >= 11 is 4.04. The fourth-order valence-corrected chi connectivity index (χ4v) is 4.51. The fraction of sp³-hybridized carbons (Fsp3) is 0.312. The third-order valence-corrected chi connectivity index (χ3v) is 6.08. The van der Waals surface area contributed by atoms with E-state index in [1.54, 1.807) is 18.3 Å². The summed E-state index contributed by atoms with van der Waals surface area (Å²) < 4.78 is 10.2. The first-order valence-corrected chi connectivity index (χ1v) is 10.2. The number of nitriles is 1. The van der Waals surface area contributed by atoms with Gasteiger partial charge >= 0.3 is 11.9 Å². The molecule has 0 aliphatic heterocycles. The van der Waals surface area contributed by atoms with Gasteiger partial charge in [0.1, 0.15) is 22.6 Å². The molecule has 0 aliphatic rings. The van der Waals surface area contributed by atoms with Crippen molar-refractivity contribution in [1.82, 2.24) is 0 Å². The van der Waals surface area contributed by atoms with Crippen molar-refractivity contribution in [2.75, 3.05) is 18.1 Å². The number of carbonyl (C=O) groups excluding carboxylic acids is 2. The maximum Gasteiger partial charge on any atom is 0.348 e. The van der Waals surface area contributed by atoms with Crippen LogP contribution in [0.3, 0.4) is 0 Å². The van der Waals surface area contributed by atoms with Gasteiger partial charge < -0.3 is 15.2 Å². The molecule has 2 N–H and O–H groups in total. The Morgan fingerprint density at radius 3 is 2.84 bits per heavy atom. The third-order valence-electron chi connectivity index (χ3n) is 3.03. The Balaban J connectivity index is 1.95. The minimum absolute atomic E-state index is 0.159. The summed E-state index contributed by atoms with van der Waals surface area (Å²) in [6.07, 6.45) is 0. The zero-order valence-corrected chi connectivity index (χ0v) is 15.9. The second kappa shape index (κ2) is 9.46. The number of anilines is 1. The second-order valence-corrected chi connectivity index (χ2v) is 7.78. The van der Waals surface area contributed by atoms with Gasteiger partial charge in [-0.05, 0) is 18.4 Å². The largest absolute Gasteiger partial charge is 0.462 e. The number of carbonyl (C=O) groups is 2. The molecule has 132 valence electrons. The van der Waals surface area contributed by atoms with Crippen molar-refractivity contribution in [2.24, 2.45) is 0 Å². The molecule has 0 aromatic carbocycles. The van der Waals surface area contributed by atoms with Crippen LogP contribution in [0.4, 0.5) is 5.00 Å². The highest BCUT2D eigenvalue weighted by Crippen LogP contribution is 2.32. The van der Waals surface area contributed by atoms with E-state index in [-0.39, 0.29) is 34.4 Å².